The average molecular weight is 538 g/mol. The molecule has 0 aliphatic carbocycles. The van der Waals surface area contributed by atoms with E-state index in [9.17, 15) is 20.1 Å². The Morgan fingerprint density at radius 3 is 1.74 bits per heavy atom. The van der Waals surface area contributed by atoms with Gasteiger partial charge in [-0.3, -0.25) is 4.48 Å². The summed E-state index contributed by atoms with van der Waals surface area (Å²) in [5.74, 6) is -1.62. The molecule has 4 N–H and O–H groups in total. The van der Waals surface area contributed by atoms with Crippen LogP contribution in [0.4, 0.5) is 0 Å². The van der Waals surface area contributed by atoms with E-state index in [4.69, 9.17) is 10.2 Å². The van der Waals surface area contributed by atoms with Gasteiger partial charge in [0, 0.05) is 13.0 Å². The first kappa shape index (κ1) is 36.1. The number of carboxylic acid groups (broad SMARTS) is 1. The molecule has 38 heavy (non-hydrogen) atoms. The van der Waals surface area contributed by atoms with Crippen LogP contribution in [0.15, 0.2) is 36.4 Å². The number of carbonyl (C=O) groups is 1. The lowest BCUT2D eigenvalue weighted by Crippen LogP contribution is -2.52. The highest BCUT2D eigenvalue weighted by Crippen LogP contribution is 2.14. The Labute approximate surface area is 231 Å². The largest absolute Gasteiger partial charge is 0.872 e. The first-order chi connectivity index (χ1) is 18.5. The van der Waals surface area contributed by atoms with Gasteiger partial charge in [0.2, 0.25) is 0 Å². The van der Waals surface area contributed by atoms with Gasteiger partial charge in [0.15, 0.2) is 6.73 Å². The quantitative estimate of drug-likeness (QED) is 0.0622. The van der Waals surface area contributed by atoms with Gasteiger partial charge in [-0.05, 0) is 44.6 Å². The number of nitrogens with zero attached hydrogens (tertiary/aromatic N) is 1. The van der Waals surface area contributed by atoms with Crippen molar-refractivity contribution >= 4 is 5.97 Å². The summed E-state index contributed by atoms with van der Waals surface area (Å²) in [5.41, 5.74) is -0.178. The molecule has 1 rings (SSSR count). The van der Waals surface area contributed by atoms with E-state index >= 15 is 0 Å². The molecule has 1 aromatic carbocycles. The highest BCUT2D eigenvalue weighted by atomic mass is 16.4. The van der Waals surface area contributed by atoms with E-state index in [-0.39, 0.29) is 25.5 Å². The van der Waals surface area contributed by atoms with Crippen LogP contribution < -0.4 is 5.11 Å². The van der Waals surface area contributed by atoms with Gasteiger partial charge in [0.05, 0.1) is 25.3 Å². The van der Waals surface area contributed by atoms with Gasteiger partial charge in [-0.1, -0.05) is 94.4 Å². The molecule has 0 aromatic heterocycles. The standard InChI is InChI=1S/C24H50NO3.C7H6O3/c1-2-3-4-5-6-7-8-9-10-11-12-13-14-15-16-17-19-25(24-28,21-23-27)20-18-22-26;8-6-4-2-1-3-5(6)7(9)10/h9-10,26-28H,2-8,11-24H2,1H3;1-4,8H,(H,9,10)/q+1;/p-1/b10-9-;. The van der Waals surface area contributed by atoms with Gasteiger partial charge < -0.3 is 25.5 Å². The first-order valence-electron chi connectivity index (χ1n) is 14.8. The molecule has 0 amide bonds. The number of aromatic carboxylic acids is 1. The van der Waals surface area contributed by atoms with Crippen molar-refractivity contribution in [2.75, 3.05) is 39.6 Å². The molecular weight excluding hydrogens is 482 g/mol. The summed E-state index contributed by atoms with van der Waals surface area (Å²) >= 11 is 0. The van der Waals surface area contributed by atoms with Crippen molar-refractivity contribution in [2.45, 2.75) is 103 Å². The van der Waals surface area contributed by atoms with Crippen LogP contribution in [0.3, 0.4) is 0 Å². The number of unbranched alkanes of at least 4 members (excludes halogenated alkanes) is 12. The summed E-state index contributed by atoms with van der Waals surface area (Å²) < 4.78 is 0.528. The van der Waals surface area contributed by atoms with Gasteiger partial charge in [-0.2, -0.15) is 0 Å². The van der Waals surface area contributed by atoms with Crippen LogP contribution in [0.2, 0.25) is 0 Å². The van der Waals surface area contributed by atoms with Crippen molar-refractivity contribution < 1.29 is 34.8 Å². The SMILES string of the molecule is CCCCCCCC/C=C\CCCCCCCC[N+](CO)(CCO)CCCO.O=C(O)c1ccccc1[O-]. The fraction of sp³-hybridized carbons (Fsp3) is 0.710. The molecule has 1 aromatic rings. The Morgan fingerprint density at radius 1 is 0.737 bits per heavy atom. The second kappa shape index (κ2) is 25.4. The maximum absolute atomic E-state index is 10.7. The van der Waals surface area contributed by atoms with Gasteiger partial charge in [0.1, 0.15) is 6.54 Å². The molecule has 0 spiro atoms. The molecule has 7 heteroatoms. The first-order valence-corrected chi connectivity index (χ1v) is 14.8. The lowest BCUT2D eigenvalue weighted by atomic mass is 10.1. The molecule has 7 nitrogen and oxygen atoms in total. The van der Waals surface area contributed by atoms with E-state index < -0.39 is 11.7 Å². The van der Waals surface area contributed by atoms with Gasteiger partial charge in [-0.25, -0.2) is 4.79 Å². The van der Waals surface area contributed by atoms with Crippen LogP contribution in [-0.2, 0) is 0 Å². The lowest BCUT2D eigenvalue weighted by molar-refractivity contribution is -0.945. The minimum atomic E-state index is -1.18. The molecule has 0 heterocycles. The number of rotatable bonds is 23. The number of hydrogen-bond acceptors (Lipinski definition) is 5. The van der Waals surface area contributed by atoms with Crippen molar-refractivity contribution in [3.63, 3.8) is 0 Å². The number of benzene rings is 1. The van der Waals surface area contributed by atoms with E-state index in [0.29, 0.717) is 17.4 Å². The second-order valence-electron chi connectivity index (χ2n) is 10.2. The van der Waals surface area contributed by atoms with E-state index in [0.717, 1.165) is 19.5 Å². The van der Waals surface area contributed by atoms with Crippen LogP contribution in [0.25, 0.3) is 0 Å². The zero-order chi connectivity index (χ0) is 28.3. The van der Waals surface area contributed by atoms with Gasteiger partial charge in [-0.15, -0.1) is 0 Å². The fourth-order valence-electron chi connectivity index (χ4n) is 4.50. The maximum Gasteiger partial charge on any atom is 0.335 e. The number of aliphatic hydroxyl groups excluding tert-OH is 3. The zero-order valence-electron chi connectivity index (χ0n) is 23.9. The van der Waals surface area contributed by atoms with Crippen LogP contribution in [-0.4, -0.2) is 70.5 Å². The van der Waals surface area contributed by atoms with E-state index in [2.05, 4.69) is 19.1 Å². The minimum absolute atomic E-state index is 0.0611. The summed E-state index contributed by atoms with van der Waals surface area (Å²) in [6.07, 6.45) is 23.6. The Bertz CT molecular complexity index is 711. The minimum Gasteiger partial charge on any atom is -0.872 e. The van der Waals surface area contributed by atoms with E-state index in [1.54, 1.807) is 0 Å². The number of quaternary nitrogens is 1. The Balaban J connectivity index is 0.00000113. The smallest absolute Gasteiger partial charge is 0.335 e. The van der Waals surface area contributed by atoms with Crippen LogP contribution in [0.1, 0.15) is 114 Å². The topological polar surface area (TPSA) is 121 Å². The Hall–Kier alpha value is -1.93. The highest BCUT2D eigenvalue weighted by molar-refractivity contribution is 5.90. The Kier molecular flexibility index (Phi) is 24.1. The zero-order valence-corrected chi connectivity index (χ0v) is 23.9. The van der Waals surface area contributed by atoms with E-state index in [1.807, 2.05) is 0 Å². The predicted molar refractivity (Wildman–Crippen MR) is 153 cm³/mol. The van der Waals surface area contributed by atoms with Crippen molar-refractivity contribution in [3.8, 4) is 5.75 Å². The molecule has 0 bridgehead atoms. The molecular formula is C31H55NO6. The van der Waals surface area contributed by atoms with Crippen molar-refractivity contribution in [3.05, 3.63) is 42.0 Å². The summed E-state index contributed by atoms with van der Waals surface area (Å²) in [6, 6.07) is 5.54. The normalized spacial score (nSPS) is 12.7. The summed E-state index contributed by atoms with van der Waals surface area (Å²) in [4.78, 5) is 10.2. The Morgan fingerprint density at radius 2 is 1.26 bits per heavy atom. The summed E-state index contributed by atoms with van der Waals surface area (Å²) in [6.45, 7) is 4.81. The molecule has 1 atom stereocenters. The molecule has 0 saturated carbocycles. The monoisotopic (exact) mass is 537 g/mol. The molecule has 0 saturated heterocycles. The molecule has 220 valence electrons. The molecule has 0 fully saturated rings. The van der Waals surface area contributed by atoms with Gasteiger partial charge >= 0.3 is 5.97 Å². The lowest BCUT2D eigenvalue weighted by Gasteiger charge is -2.36. The predicted octanol–water partition coefficient (Wildman–Crippen LogP) is 5.62. The number of carboxylic acids is 1. The highest BCUT2D eigenvalue weighted by Gasteiger charge is 2.24. The average Bonchev–Trinajstić information content (AvgIpc) is 2.92. The fourth-order valence-corrected chi connectivity index (χ4v) is 4.50. The third kappa shape index (κ3) is 19.2. The van der Waals surface area contributed by atoms with Crippen molar-refractivity contribution in [1.82, 2.24) is 0 Å². The number of hydrogen-bond donors (Lipinski definition) is 4. The van der Waals surface area contributed by atoms with Crippen LogP contribution >= 0.6 is 0 Å². The van der Waals surface area contributed by atoms with Crippen molar-refractivity contribution in [2.24, 2.45) is 0 Å². The van der Waals surface area contributed by atoms with Crippen molar-refractivity contribution in [1.29, 1.82) is 0 Å². The number of aliphatic hydroxyl groups is 3. The van der Waals surface area contributed by atoms with Crippen LogP contribution in [0.5, 0.6) is 5.75 Å². The maximum atomic E-state index is 10.7. The van der Waals surface area contributed by atoms with Gasteiger partial charge in [0.25, 0.3) is 0 Å². The third-order valence-electron chi connectivity index (χ3n) is 6.93. The molecule has 1 unspecified atom stereocenters. The molecule has 0 radical (unpaired) electrons. The van der Waals surface area contributed by atoms with Crippen LogP contribution in [0, 0.1) is 0 Å². The third-order valence-corrected chi connectivity index (χ3v) is 6.93. The summed E-state index contributed by atoms with van der Waals surface area (Å²) in [5, 5.41) is 47.1. The second-order valence-corrected chi connectivity index (χ2v) is 10.2. The number of allylic oxidation sites excluding steroid dienone is 2. The summed E-state index contributed by atoms with van der Waals surface area (Å²) in [7, 11) is 0. The molecule has 0 aliphatic heterocycles. The number of para-hydroxylation sites is 1. The molecule has 0 aliphatic rings. The van der Waals surface area contributed by atoms with E-state index in [1.165, 1.54) is 108 Å².